The van der Waals surface area contributed by atoms with Crippen LogP contribution in [0.15, 0.2) is 0 Å². The Bertz CT molecular complexity index is 307. The molecule has 0 aromatic carbocycles. The number of sulfonamides is 1. The van der Waals surface area contributed by atoms with Crippen molar-refractivity contribution >= 4 is 45.2 Å². The molecule has 0 rings (SSSR count). The summed E-state index contributed by atoms with van der Waals surface area (Å²) < 4.78 is 32.0. The second kappa shape index (κ2) is 4.66. The summed E-state index contributed by atoms with van der Waals surface area (Å²) in [6.07, 6.45) is 0.816. The Kier molecular flexibility index (Phi) is 4.76. The smallest absolute Gasteiger partial charge is 0.212 e. The van der Waals surface area contributed by atoms with E-state index in [1.165, 1.54) is 6.07 Å². The van der Waals surface area contributed by atoms with Gasteiger partial charge in [0, 0.05) is 11.9 Å². The van der Waals surface area contributed by atoms with Crippen molar-refractivity contribution < 1.29 is 12.8 Å². The summed E-state index contributed by atoms with van der Waals surface area (Å²) in [5, 5.41) is 8.22. The molecule has 0 saturated heterocycles. The van der Waals surface area contributed by atoms with Crippen LogP contribution in [0.4, 0.5) is 4.39 Å². The Morgan fingerprint density at radius 1 is 1.69 bits per heavy atom. The molecule has 0 aromatic heterocycles. The maximum absolute atomic E-state index is 12.6. The second-order valence-corrected chi connectivity index (χ2v) is 6.93. The molecule has 76 valence electrons. The van der Waals surface area contributed by atoms with Crippen LogP contribution >= 0.6 is 35.1 Å². The van der Waals surface area contributed by atoms with Crippen molar-refractivity contribution in [2.24, 2.45) is 0 Å². The highest BCUT2D eigenvalue weighted by Gasteiger charge is 2.31. The molecule has 0 aromatic rings. The zero-order valence-electron chi connectivity index (χ0n) is 6.37. The van der Waals surface area contributed by atoms with Crippen LogP contribution in [-0.4, -0.2) is 28.8 Å². The third-order valence-corrected chi connectivity index (χ3v) is 3.63. The van der Waals surface area contributed by atoms with Crippen molar-refractivity contribution in [1.29, 1.82) is 5.26 Å². The van der Waals surface area contributed by atoms with Crippen molar-refractivity contribution in [2.75, 3.05) is 12.8 Å². The van der Waals surface area contributed by atoms with Gasteiger partial charge in [0.25, 0.3) is 0 Å². The summed E-state index contributed by atoms with van der Waals surface area (Å²) in [6.45, 7) is -0.519. The Labute approximate surface area is 89.8 Å². The van der Waals surface area contributed by atoms with Gasteiger partial charge in [-0.25, -0.2) is 8.42 Å². The molecular weight excluding hydrogens is 262 g/mol. The standard InChI is InChI=1S/C4H5Cl2FN2O2S2/c1-13(10,11)9(3-2-8)12-4(5,6)7/h3H2,1H3. The fourth-order valence-corrected chi connectivity index (χ4v) is 2.63. The van der Waals surface area contributed by atoms with Gasteiger partial charge in [-0.1, -0.05) is 23.2 Å². The summed E-state index contributed by atoms with van der Waals surface area (Å²) in [5.74, 6) is 0. The Morgan fingerprint density at radius 3 is 2.38 bits per heavy atom. The van der Waals surface area contributed by atoms with E-state index >= 15 is 0 Å². The van der Waals surface area contributed by atoms with Gasteiger partial charge >= 0.3 is 3.92 Å². The SMILES string of the molecule is CS(=O)(=O)N(CC#N)SC(F)(Cl)Cl. The molecule has 0 aliphatic carbocycles. The lowest BCUT2D eigenvalue weighted by atomic mass is 10.8. The van der Waals surface area contributed by atoms with Crippen molar-refractivity contribution in [3.05, 3.63) is 0 Å². The number of hydrogen-bond acceptors (Lipinski definition) is 4. The van der Waals surface area contributed by atoms with E-state index in [0.717, 1.165) is 6.26 Å². The quantitative estimate of drug-likeness (QED) is 0.439. The highest BCUT2D eigenvalue weighted by atomic mass is 35.5. The van der Waals surface area contributed by atoms with E-state index in [1.54, 1.807) is 0 Å². The summed E-state index contributed by atoms with van der Waals surface area (Å²) >= 11 is 9.85. The molecule has 0 atom stereocenters. The van der Waals surface area contributed by atoms with Gasteiger partial charge in [-0.05, 0) is 0 Å². The Balaban J connectivity index is 4.58. The van der Waals surface area contributed by atoms with Crippen LogP contribution in [0.1, 0.15) is 0 Å². The number of halogens is 3. The van der Waals surface area contributed by atoms with Gasteiger partial charge in [0.2, 0.25) is 10.0 Å². The number of nitriles is 1. The van der Waals surface area contributed by atoms with Gasteiger partial charge in [-0.3, -0.25) is 0 Å². The van der Waals surface area contributed by atoms with Crippen LogP contribution in [0, 0.1) is 11.3 Å². The van der Waals surface area contributed by atoms with Crippen molar-refractivity contribution in [1.82, 2.24) is 3.71 Å². The largest absolute Gasteiger partial charge is 0.319 e. The average molecular weight is 267 g/mol. The predicted octanol–water partition coefficient (Wildman–Crippen LogP) is 1.48. The van der Waals surface area contributed by atoms with E-state index in [0.29, 0.717) is 3.71 Å². The fraction of sp³-hybridized carbons (Fsp3) is 0.750. The molecule has 0 aliphatic rings. The number of alkyl halides is 3. The van der Waals surface area contributed by atoms with Crippen LogP contribution in [-0.2, 0) is 10.0 Å². The van der Waals surface area contributed by atoms with Gasteiger partial charge in [-0.15, -0.1) is 3.71 Å². The number of rotatable bonds is 4. The molecular formula is C4H5Cl2FN2O2S2. The molecule has 0 radical (unpaired) electrons. The Morgan fingerprint density at radius 2 is 2.15 bits per heavy atom. The summed E-state index contributed by atoms with van der Waals surface area (Å²) in [4.78, 5) is 0. The van der Waals surface area contributed by atoms with Crippen molar-refractivity contribution in [3.63, 3.8) is 0 Å². The zero-order chi connectivity index (χ0) is 10.7. The lowest BCUT2D eigenvalue weighted by molar-refractivity contribution is 0.503. The molecule has 0 spiro atoms. The third-order valence-electron chi connectivity index (χ3n) is 0.775. The molecule has 0 heterocycles. The molecule has 0 fully saturated rings. The zero-order valence-corrected chi connectivity index (χ0v) is 9.51. The normalized spacial score (nSPS) is 12.9. The van der Waals surface area contributed by atoms with Crippen LogP contribution in [0.5, 0.6) is 0 Å². The average Bonchev–Trinajstić information content (AvgIpc) is 1.81. The van der Waals surface area contributed by atoms with Gasteiger partial charge < -0.3 is 0 Å². The summed E-state index contributed by atoms with van der Waals surface area (Å²) in [7, 11) is -3.70. The highest BCUT2D eigenvalue weighted by molar-refractivity contribution is 8.10. The maximum Gasteiger partial charge on any atom is 0.319 e. The monoisotopic (exact) mass is 266 g/mol. The maximum atomic E-state index is 12.6. The first-order valence-corrected chi connectivity index (χ1v) is 6.15. The van der Waals surface area contributed by atoms with E-state index in [1.807, 2.05) is 0 Å². The molecule has 0 aliphatic heterocycles. The van der Waals surface area contributed by atoms with Gasteiger partial charge in [0.05, 0.1) is 12.3 Å². The summed E-state index contributed by atoms with van der Waals surface area (Å²) in [5.41, 5.74) is 0. The van der Waals surface area contributed by atoms with Gasteiger partial charge in [-0.2, -0.15) is 9.65 Å². The molecule has 4 nitrogen and oxygen atoms in total. The highest BCUT2D eigenvalue weighted by Crippen LogP contribution is 2.39. The minimum absolute atomic E-state index is 0.0204. The van der Waals surface area contributed by atoms with E-state index in [4.69, 9.17) is 28.5 Å². The molecule has 0 amide bonds. The molecule has 13 heavy (non-hydrogen) atoms. The van der Waals surface area contributed by atoms with Crippen molar-refractivity contribution in [2.45, 2.75) is 3.92 Å². The van der Waals surface area contributed by atoms with E-state index < -0.39 is 20.5 Å². The van der Waals surface area contributed by atoms with Crippen LogP contribution in [0.25, 0.3) is 0 Å². The van der Waals surface area contributed by atoms with Gasteiger partial charge in [0.1, 0.15) is 6.54 Å². The minimum atomic E-state index is -3.70. The first-order chi connectivity index (χ1) is 5.67. The Hall–Kier alpha value is 0.260. The second-order valence-electron chi connectivity index (χ2n) is 1.92. The van der Waals surface area contributed by atoms with Gasteiger partial charge in [0.15, 0.2) is 0 Å². The predicted molar refractivity (Wildman–Crippen MR) is 50.3 cm³/mol. The van der Waals surface area contributed by atoms with Crippen LogP contribution in [0.2, 0.25) is 0 Å². The fourth-order valence-electron chi connectivity index (χ4n) is 0.390. The molecule has 0 N–H and O–H groups in total. The van der Waals surface area contributed by atoms with Crippen LogP contribution < -0.4 is 0 Å². The van der Waals surface area contributed by atoms with Crippen molar-refractivity contribution in [3.8, 4) is 6.07 Å². The van der Waals surface area contributed by atoms with Crippen LogP contribution in [0.3, 0.4) is 0 Å². The number of hydrogen-bond donors (Lipinski definition) is 0. The summed E-state index contributed by atoms with van der Waals surface area (Å²) in [6, 6.07) is 1.54. The first-order valence-electron chi connectivity index (χ1n) is 2.77. The third kappa shape index (κ3) is 6.35. The van der Waals surface area contributed by atoms with E-state index in [-0.39, 0.29) is 11.9 Å². The first kappa shape index (κ1) is 13.3. The number of nitrogens with zero attached hydrogens (tertiary/aromatic N) is 2. The topological polar surface area (TPSA) is 61.2 Å². The molecule has 9 heteroatoms. The van der Waals surface area contributed by atoms with E-state index in [9.17, 15) is 12.8 Å². The lowest BCUT2D eigenvalue weighted by Gasteiger charge is -2.18. The minimum Gasteiger partial charge on any atom is -0.212 e. The molecule has 0 saturated carbocycles. The van der Waals surface area contributed by atoms with E-state index in [2.05, 4.69) is 0 Å². The lowest BCUT2D eigenvalue weighted by Crippen LogP contribution is -2.26. The molecule has 0 bridgehead atoms. The molecule has 0 unspecified atom stereocenters.